The first-order chi connectivity index (χ1) is 11.3. The average molecular weight is 343 g/mol. The lowest BCUT2D eigenvalue weighted by Gasteiger charge is -2.20. The van der Waals surface area contributed by atoms with E-state index >= 15 is 0 Å². The molecule has 2 rings (SSSR count). The summed E-state index contributed by atoms with van der Waals surface area (Å²) >= 11 is 0. The molecule has 4 nitrogen and oxygen atoms in total. The number of hydrogen-bond donors (Lipinski definition) is 1. The normalized spacial score (nSPS) is 12.3. The van der Waals surface area contributed by atoms with E-state index in [0.29, 0.717) is 0 Å². The third-order valence-corrected chi connectivity index (χ3v) is 4.57. The van der Waals surface area contributed by atoms with Crippen molar-refractivity contribution in [2.24, 2.45) is 0 Å². The summed E-state index contributed by atoms with van der Waals surface area (Å²) in [5, 5.41) is 2.95. The molecule has 0 heterocycles. The van der Waals surface area contributed by atoms with Crippen LogP contribution >= 0.6 is 0 Å². The van der Waals surface area contributed by atoms with Crippen LogP contribution in [-0.4, -0.2) is 20.6 Å². The van der Waals surface area contributed by atoms with Crippen LogP contribution in [0, 0.1) is 0 Å². The van der Waals surface area contributed by atoms with Crippen molar-refractivity contribution in [1.29, 1.82) is 0 Å². The van der Waals surface area contributed by atoms with Gasteiger partial charge in [-0.3, -0.25) is 4.79 Å². The molecule has 0 aliphatic rings. The van der Waals surface area contributed by atoms with Gasteiger partial charge in [-0.05, 0) is 37.1 Å². The van der Waals surface area contributed by atoms with Gasteiger partial charge in [-0.25, -0.2) is 8.42 Å². The van der Waals surface area contributed by atoms with Crippen molar-refractivity contribution in [1.82, 2.24) is 5.32 Å². The van der Waals surface area contributed by atoms with E-state index in [-0.39, 0.29) is 10.8 Å². The molecule has 2 aromatic carbocycles. The lowest BCUT2D eigenvalue weighted by molar-refractivity contribution is -0.117. The van der Waals surface area contributed by atoms with Crippen molar-refractivity contribution in [2.75, 3.05) is 6.26 Å². The second-order valence-corrected chi connectivity index (χ2v) is 7.93. The van der Waals surface area contributed by atoms with Crippen molar-refractivity contribution in [3.05, 3.63) is 77.4 Å². The van der Waals surface area contributed by atoms with Gasteiger partial charge in [0.1, 0.15) is 0 Å². The number of allylic oxidation sites excluding steroid dienone is 1. The molecule has 0 spiro atoms. The zero-order chi connectivity index (χ0) is 17.7. The van der Waals surface area contributed by atoms with Crippen molar-refractivity contribution in [3.63, 3.8) is 0 Å². The first-order valence-corrected chi connectivity index (χ1v) is 9.47. The number of carbonyl (C=O) groups is 1. The Bertz CT molecular complexity index is 851. The van der Waals surface area contributed by atoms with Gasteiger partial charge in [-0.15, -0.1) is 0 Å². The molecule has 126 valence electrons. The molecule has 1 amide bonds. The van der Waals surface area contributed by atoms with Crippen LogP contribution in [0.1, 0.15) is 31.0 Å². The van der Waals surface area contributed by atoms with Crippen LogP contribution in [0.5, 0.6) is 0 Å². The number of carbonyl (C=O) groups excluding carboxylic acids is 1. The maximum Gasteiger partial charge on any atom is 0.244 e. The minimum absolute atomic E-state index is 0.214. The van der Waals surface area contributed by atoms with E-state index in [0.717, 1.165) is 16.7 Å². The zero-order valence-electron chi connectivity index (χ0n) is 14.0. The highest BCUT2D eigenvalue weighted by Crippen LogP contribution is 2.24. The highest BCUT2D eigenvalue weighted by molar-refractivity contribution is 7.90. The van der Waals surface area contributed by atoms with Gasteiger partial charge in [0, 0.05) is 12.3 Å². The molecule has 0 radical (unpaired) electrons. The Kier molecular flexibility index (Phi) is 5.57. The predicted molar refractivity (Wildman–Crippen MR) is 95.4 cm³/mol. The molecule has 0 saturated carbocycles. The van der Waals surface area contributed by atoms with E-state index in [1.54, 1.807) is 18.2 Å². The third kappa shape index (κ3) is 4.80. The maximum atomic E-state index is 12.2. The molecule has 0 saturated heterocycles. The van der Waals surface area contributed by atoms with E-state index in [1.165, 1.54) is 12.3 Å². The summed E-state index contributed by atoms with van der Waals surface area (Å²) in [5.74, 6) is -0.214. The summed E-state index contributed by atoms with van der Waals surface area (Å²) in [6.45, 7) is 3.70. The van der Waals surface area contributed by atoms with Crippen LogP contribution in [0.25, 0.3) is 0 Å². The van der Waals surface area contributed by atoms with Crippen molar-refractivity contribution < 1.29 is 13.2 Å². The molecule has 0 unspecified atom stereocenters. The van der Waals surface area contributed by atoms with Gasteiger partial charge in [0.2, 0.25) is 5.91 Å². The van der Waals surface area contributed by atoms with Gasteiger partial charge in [0.15, 0.2) is 9.84 Å². The molecule has 0 aliphatic heterocycles. The topological polar surface area (TPSA) is 63.2 Å². The average Bonchev–Trinajstić information content (AvgIpc) is 2.52. The summed E-state index contributed by atoms with van der Waals surface area (Å²) < 4.78 is 23.6. The number of benzene rings is 2. The molecule has 0 fully saturated rings. The summed E-state index contributed by atoms with van der Waals surface area (Å²) in [5.41, 5.74) is 2.50. The van der Waals surface area contributed by atoms with Crippen molar-refractivity contribution >= 4 is 15.7 Å². The van der Waals surface area contributed by atoms with Crippen LogP contribution in [0.3, 0.4) is 0 Å². The molecule has 5 heteroatoms. The summed E-state index contributed by atoms with van der Waals surface area (Å²) in [7, 11) is -3.31. The highest BCUT2D eigenvalue weighted by Gasteiger charge is 2.18. The minimum Gasteiger partial charge on any atom is -0.342 e. The van der Waals surface area contributed by atoms with Crippen LogP contribution < -0.4 is 5.32 Å². The van der Waals surface area contributed by atoms with Gasteiger partial charge < -0.3 is 5.32 Å². The Morgan fingerprint density at radius 1 is 1.00 bits per heavy atom. The highest BCUT2D eigenvalue weighted by atomic mass is 32.2. The van der Waals surface area contributed by atoms with Gasteiger partial charge >= 0.3 is 0 Å². The summed E-state index contributed by atoms with van der Waals surface area (Å²) in [6, 6.07) is 15.7. The molecule has 24 heavy (non-hydrogen) atoms. The van der Waals surface area contributed by atoms with E-state index in [9.17, 15) is 13.2 Å². The number of nitrogens with one attached hydrogen (secondary N) is 1. The molecular weight excluding hydrogens is 322 g/mol. The van der Waals surface area contributed by atoms with E-state index in [1.807, 2.05) is 50.2 Å². The smallest absolute Gasteiger partial charge is 0.244 e. The zero-order valence-corrected chi connectivity index (χ0v) is 14.8. The largest absolute Gasteiger partial charge is 0.342 e. The number of rotatable bonds is 5. The Morgan fingerprint density at radius 2 is 1.62 bits per heavy atom. The molecule has 0 aromatic heterocycles. The first-order valence-electron chi connectivity index (χ1n) is 7.58. The Balaban J connectivity index is 2.47. The van der Waals surface area contributed by atoms with E-state index < -0.39 is 15.9 Å². The predicted octanol–water partition coefficient (Wildman–Crippen LogP) is 3.26. The standard InChI is InChI=1S/C19H21NO3S/c1-14(2)12-18(21)20-19(15-8-5-4-6-9-15)16-10-7-11-17(13-16)24(3,22)23/h4-13,19H,1-3H3,(H,20,21)/t19-/m1/s1. The molecule has 2 aromatic rings. The second kappa shape index (κ2) is 7.45. The summed E-state index contributed by atoms with van der Waals surface area (Å²) in [4.78, 5) is 12.4. The van der Waals surface area contributed by atoms with Crippen LogP contribution in [-0.2, 0) is 14.6 Å². The van der Waals surface area contributed by atoms with Crippen molar-refractivity contribution in [2.45, 2.75) is 24.8 Å². The third-order valence-electron chi connectivity index (χ3n) is 3.46. The van der Waals surface area contributed by atoms with E-state index in [4.69, 9.17) is 0 Å². The SMILES string of the molecule is CC(C)=CC(=O)N[C@H](c1ccccc1)c1cccc(S(C)(=O)=O)c1. The first kappa shape index (κ1) is 17.9. The molecular formula is C19H21NO3S. The number of sulfone groups is 1. The van der Waals surface area contributed by atoms with Gasteiger partial charge in [-0.2, -0.15) is 0 Å². The quantitative estimate of drug-likeness (QED) is 0.848. The van der Waals surface area contributed by atoms with Crippen LogP contribution in [0.15, 0.2) is 71.1 Å². The molecule has 1 atom stereocenters. The monoisotopic (exact) mass is 343 g/mol. The number of hydrogen-bond acceptors (Lipinski definition) is 3. The Labute approximate surface area is 143 Å². The lowest BCUT2D eigenvalue weighted by Crippen LogP contribution is -2.28. The minimum atomic E-state index is -3.31. The fourth-order valence-corrected chi connectivity index (χ4v) is 3.05. The van der Waals surface area contributed by atoms with Crippen LogP contribution in [0.4, 0.5) is 0 Å². The molecule has 0 bridgehead atoms. The van der Waals surface area contributed by atoms with Gasteiger partial charge in [-0.1, -0.05) is 48.0 Å². The number of amides is 1. The lowest BCUT2D eigenvalue weighted by atomic mass is 9.98. The Morgan fingerprint density at radius 3 is 2.21 bits per heavy atom. The van der Waals surface area contributed by atoms with Crippen LogP contribution in [0.2, 0.25) is 0 Å². The van der Waals surface area contributed by atoms with Gasteiger partial charge in [0.05, 0.1) is 10.9 Å². The molecule has 1 N–H and O–H groups in total. The van der Waals surface area contributed by atoms with Gasteiger partial charge in [0.25, 0.3) is 0 Å². The fraction of sp³-hybridized carbons (Fsp3) is 0.211. The second-order valence-electron chi connectivity index (χ2n) is 5.92. The molecule has 0 aliphatic carbocycles. The Hall–Kier alpha value is -2.40. The fourth-order valence-electron chi connectivity index (χ4n) is 2.38. The van der Waals surface area contributed by atoms with E-state index in [2.05, 4.69) is 5.32 Å². The summed E-state index contributed by atoms with van der Waals surface area (Å²) in [6.07, 6.45) is 2.70. The maximum absolute atomic E-state index is 12.2. The van der Waals surface area contributed by atoms with Crippen molar-refractivity contribution in [3.8, 4) is 0 Å².